The molecule has 0 radical (unpaired) electrons. The van der Waals surface area contributed by atoms with E-state index in [1.807, 2.05) is 12.3 Å². The average molecular weight is 166 g/mol. The van der Waals surface area contributed by atoms with Crippen molar-refractivity contribution in [1.82, 2.24) is 15.3 Å². The molecular formula is C8H14N4. The van der Waals surface area contributed by atoms with Gasteiger partial charge < -0.3 is 5.32 Å². The lowest BCUT2D eigenvalue weighted by Crippen LogP contribution is -2.50. The molecule has 0 amide bonds. The van der Waals surface area contributed by atoms with Crippen LogP contribution in [-0.4, -0.2) is 49.1 Å². The van der Waals surface area contributed by atoms with Crippen molar-refractivity contribution in [3.8, 4) is 0 Å². The first-order valence-corrected chi connectivity index (χ1v) is 4.36. The third kappa shape index (κ3) is 1.65. The Morgan fingerprint density at radius 1 is 1.25 bits per heavy atom. The SMILES string of the molecule is C1=CN(N2CCNCC2)CN=C1. The Morgan fingerprint density at radius 3 is 2.75 bits per heavy atom. The molecule has 1 fully saturated rings. The van der Waals surface area contributed by atoms with Gasteiger partial charge in [-0.1, -0.05) is 0 Å². The van der Waals surface area contributed by atoms with Crippen LogP contribution in [0.4, 0.5) is 0 Å². The number of rotatable bonds is 1. The molecule has 0 aromatic heterocycles. The maximum absolute atomic E-state index is 4.19. The Hall–Kier alpha value is -0.870. The van der Waals surface area contributed by atoms with Crippen molar-refractivity contribution < 1.29 is 0 Å². The fourth-order valence-corrected chi connectivity index (χ4v) is 1.47. The maximum atomic E-state index is 4.19. The highest BCUT2D eigenvalue weighted by molar-refractivity contribution is 5.71. The van der Waals surface area contributed by atoms with Crippen LogP contribution in [0.3, 0.4) is 0 Å². The van der Waals surface area contributed by atoms with E-state index in [9.17, 15) is 0 Å². The molecular weight excluding hydrogens is 152 g/mol. The molecule has 1 N–H and O–H groups in total. The van der Waals surface area contributed by atoms with Crippen molar-refractivity contribution in [2.75, 3.05) is 32.8 Å². The Morgan fingerprint density at radius 2 is 2.08 bits per heavy atom. The van der Waals surface area contributed by atoms with Crippen LogP contribution in [-0.2, 0) is 0 Å². The van der Waals surface area contributed by atoms with Crippen LogP contribution < -0.4 is 5.32 Å². The molecule has 0 spiro atoms. The number of piperazine rings is 1. The second-order valence-corrected chi connectivity index (χ2v) is 2.96. The smallest absolute Gasteiger partial charge is 0.124 e. The number of hydrogen-bond acceptors (Lipinski definition) is 4. The van der Waals surface area contributed by atoms with Crippen molar-refractivity contribution in [3.05, 3.63) is 12.3 Å². The average Bonchev–Trinajstić information content (AvgIpc) is 2.21. The van der Waals surface area contributed by atoms with Crippen molar-refractivity contribution in [2.24, 2.45) is 4.99 Å². The molecule has 2 rings (SSSR count). The van der Waals surface area contributed by atoms with Gasteiger partial charge in [-0.2, -0.15) is 0 Å². The van der Waals surface area contributed by atoms with Gasteiger partial charge in [0.2, 0.25) is 0 Å². The summed E-state index contributed by atoms with van der Waals surface area (Å²) in [5, 5.41) is 7.81. The zero-order valence-electron chi connectivity index (χ0n) is 7.11. The molecule has 0 unspecified atom stereocenters. The van der Waals surface area contributed by atoms with Gasteiger partial charge in [-0.15, -0.1) is 0 Å². The number of nitrogens with zero attached hydrogens (tertiary/aromatic N) is 3. The second-order valence-electron chi connectivity index (χ2n) is 2.96. The van der Waals surface area contributed by atoms with Crippen LogP contribution in [0, 0.1) is 0 Å². The lowest BCUT2D eigenvalue weighted by molar-refractivity contribution is 0.0123. The van der Waals surface area contributed by atoms with Gasteiger partial charge in [-0.25, -0.2) is 5.01 Å². The summed E-state index contributed by atoms with van der Waals surface area (Å²) in [4.78, 5) is 4.19. The zero-order chi connectivity index (χ0) is 8.23. The minimum atomic E-state index is 0.774. The van der Waals surface area contributed by atoms with Gasteiger partial charge in [0.1, 0.15) is 6.67 Å². The Labute approximate surface area is 72.5 Å². The summed E-state index contributed by atoms with van der Waals surface area (Å²) in [6, 6.07) is 0. The fraction of sp³-hybridized carbons (Fsp3) is 0.625. The van der Waals surface area contributed by atoms with Crippen molar-refractivity contribution in [2.45, 2.75) is 0 Å². The van der Waals surface area contributed by atoms with Crippen LogP contribution in [0.5, 0.6) is 0 Å². The van der Waals surface area contributed by atoms with E-state index < -0.39 is 0 Å². The van der Waals surface area contributed by atoms with Gasteiger partial charge in [-0.05, 0) is 6.08 Å². The first-order valence-electron chi connectivity index (χ1n) is 4.36. The highest BCUT2D eigenvalue weighted by atomic mass is 15.6. The third-order valence-electron chi connectivity index (χ3n) is 2.13. The second kappa shape index (κ2) is 3.69. The van der Waals surface area contributed by atoms with E-state index in [0.29, 0.717) is 0 Å². The molecule has 66 valence electrons. The number of hydrogen-bond donors (Lipinski definition) is 1. The van der Waals surface area contributed by atoms with Crippen LogP contribution in [0.15, 0.2) is 17.3 Å². The maximum Gasteiger partial charge on any atom is 0.124 e. The van der Waals surface area contributed by atoms with Crippen molar-refractivity contribution >= 4 is 6.21 Å². The van der Waals surface area contributed by atoms with E-state index in [2.05, 4.69) is 26.5 Å². The van der Waals surface area contributed by atoms with Gasteiger partial charge in [0.15, 0.2) is 0 Å². The topological polar surface area (TPSA) is 30.9 Å². The minimum absolute atomic E-state index is 0.774. The van der Waals surface area contributed by atoms with E-state index in [-0.39, 0.29) is 0 Å². The quantitative estimate of drug-likeness (QED) is 0.578. The van der Waals surface area contributed by atoms with Gasteiger partial charge in [0, 0.05) is 38.6 Å². The molecule has 12 heavy (non-hydrogen) atoms. The Balaban J connectivity index is 1.90. The predicted octanol–water partition coefficient (Wildman–Crippen LogP) is -0.336. The third-order valence-corrected chi connectivity index (χ3v) is 2.13. The molecule has 4 heteroatoms. The number of hydrazine groups is 1. The normalized spacial score (nSPS) is 24.8. The number of aliphatic imine (C=N–C) groups is 1. The largest absolute Gasteiger partial charge is 0.314 e. The van der Waals surface area contributed by atoms with E-state index in [1.54, 1.807) is 0 Å². The standard InChI is InChI=1S/C8H14N4/c1-2-10-8-12(5-1)11-6-3-9-4-7-11/h1-2,5,9H,3-4,6-8H2. The molecule has 1 saturated heterocycles. The summed E-state index contributed by atoms with van der Waals surface area (Å²) < 4.78 is 0. The zero-order valence-corrected chi connectivity index (χ0v) is 7.11. The summed E-state index contributed by atoms with van der Waals surface area (Å²) in [5.41, 5.74) is 0. The van der Waals surface area contributed by atoms with Gasteiger partial charge in [-0.3, -0.25) is 10.0 Å². The van der Waals surface area contributed by atoms with Crippen molar-refractivity contribution in [1.29, 1.82) is 0 Å². The first-order chi connectivity index (χ1) is 5.97. The summed E-state index contributed by atoms with van der Waals surface area (Å²) >= 11 is 0. The molecule has 0 atom stereocenters. The summed E-state index contributed by atoms with van der Waals surface area (Å²) in [6.45, 7) is 5.10. The molecule has 0 aromatic rings. The molecule has 0 bridgehead atoms. The Kier molecular flexibility index (Phi) is 2.39. The molecule has 0 aromatic carbocycles. The van der Waals surface area contributed by atoms with E-state index in [0.717, 1.165) is 32.8 Å². The summed E-state index contributed by atoms with van der Waals surface area (Å²) in [5.74, 6) is 0. The van der Waals surface area contributed by atoms with Gasteiger partial charge >= 0.3 is 0 Å². The molecule has 2 aliphatic rings. The summed E-state index contributed by atoms with van der Waals surface area (Å²) in [7, 11) is 0. The first kappa shape index (κ1) is 7.76. The van der Waals surface area contributed by atoms with Crippen LogP contribution >= 0.6 is 0 Å². The molecule has 4 nitrogen and oxygen atoms in total. The number of allylic oxidation sites excluding steroid dienone is 1. The van der Waals surface area contributed by atoms with Crippen molar-refractivity contribution in [3.63, 3.8) is 0 Å². The van der Waals surface area contributed by atoms with Gasteiger partial charge in [0.05, 0.1) is 0 Å². The lowest BCUT2D eigenvalue weighted by Gasteiger charge is -2.36. The van der Waals surface area contributed by atoms with E-state index in [1.165, 1.54) is 0 Å². The number of nitrogens with one attached hydrogen (secondary N) is 1. The van der Waals surface area contributed by atoms with Crippen LogP contribution in [0.25, 0.3) is 0 Å². The Bertz CT molecular complexity index is 193. The monoisotopic (exact) mass is 166 g/mol. The molecule has 2 heterocycles. The highest BCUT2D eigenvalue weighted by Crippen LogP contribution is 2.03. The summed E-state index contributed by atoms with van der Waals surface area (Å²) in [6.07, 6.45) is 5.91. The highest BCUT2D eigenvalue weighted by Gasteiger charge is 2.14. The lowest BCUT2D eigenvalue weighted by atomic mass is 10.4. The van der Waals surface area contributed by atoms with E-state index >= 15 is 0 Å². The molecule has 2 aliphatic heterocycles. The molecule has 0 saturated carbocycles. The van der Waals surface area contributed by atoms with Crippen LogP contribution in [0.1, 0.15) is 0 Å². The minimum Gasteiger partial charge on any atom is -0.314 e. The van der Waals surface area contributed by atoms with Gasteiger partial charge in [0.25, 0.3) is 0 Å². The molecule has 0 aliphatic carbocycles. The van der Waals surface area contributed by atoms with E-state index in [4.69, 9.17) is 0 Å². The predicted molar refractivity (Wildman–Crippen MR) is 48.8 cm³/mol. The van der Waals surface area contributed by atoms with Crippen LogP contribution in [0.2, 0.25) is 0 Å². The fourth-order valence-electron chi connectivity index (χ4n) is 1.47.